The van der Waals surface area contributed by atoms with E-state index >= 15 is 0 Å². The lowest BCUT2D eigenvalue weighted by molar-refractivity contribution is -0.145. The average Bonchev–Trinajstić information content (AvgIpc) is 2.74. The van der Waals surface area contributed by atoms with Gasteiger partial charge in [-0.3, -0.25) is 9.59 Å². The van der Waals surface area contributed by atoms with Crippen molar-refractivity contribution in [3.8, 4) is 0 Å². The maximum Gasteiger partial charge on any atom is 0.308 e. The van der Waals surface area contributed by atoms with E-state index < -0.39 is 6.04 Å². The van der Waals surface area contributed by atoms with Crippen molar-refractivity contribution in [3.05, 3.63) is 106 Å². The molecule has 0 aliphatic carbocycles. The Kier molecular flexibility index (Phi) is 6.98. The minimum absolute atomic E-state index is 0.0547. The molecule has 0 fully saturated rings. The predicted octanol–water partition coefficient (Wildman–Crippen LogP) is 5.05. The van der Waals surface area contributed by atoms with Crippen molar-refractivity contribution in [2.75, 3.05) is 0 Å². The van der Waals surface area contributed by atoms with Crippen molar-refractivity contribution in [1.29, 1.82) is 0 Å². The third-order valence-electron chi connectivity index (χ3n) is 4.23. The summed E-state index contributed by atoms with van der Waals surface area (Å²) in [7, 11) is 0. The van der Waals surface area contributed by atoms with E-state index in [0.29, 0.717) is 5.56 Å². The van der Waals surface area contributed by atoms with E-state index in [1.807, 2.05) is 60.7 Å². The number of amides is 1. The Labute approximate surface area is 172 Å². The molecule has 1 N–H and O–H groups in total. The van der Waals surface area contributed by atoms with Crippen LogP contribution in [-0.2, 0) is 16.1 Å². The Hall–Kier alpha value is -2.92. The Balaban J connectivity index is 1.66. The van der Waals surface area contributed by atoms with Crippen LogP contribution in [0, 0.1) is 0 Å². The Morgan fingerprint density at radius 1 is 0.857 bits per heavy atom. The van der Waals surface area contributed by atoms with E-state index in [1.54, 1.807) is 24.3 Å². The fourth-order valence-electron chi connectivity index (χ4n) is 2.74. The van der Waals surface area contributed by atoms with E-state index in [-0.39, 0.29) is 24.9 Å². The summed E-state index contributed by atoms with van der Waals surface area (Å²) in [5.74, 6) is -0.597. The molecule has 28 heavy (non-hydrogen) atoms. The number of halogens is 1. The van der Waals surface area contributed by atoms with E-state index in [0.717, 1.165) is 15.6 Å². The van der Waals surface area contributed by atoms with E-state index in [1.165, 1.54) is 0 Å². The van der Waals surface area contributed by atoms with Gasteiger partial charge in [0.15, 0.2) is 0 Å². The first-order chi connectivity index (χ1) is 13.6. The molecule has 1 atom stereocenters. The number of carbonyl (C=O) groups is 2. The number of benzene rings is 3. The second-order valence-electron chi connectivity index (χ2n) is 6.29. The maximum absolute atomic E-state index is 12.6. The number of nitrogens with one attached hydrogen (secondary N) is 1. The highest BCUT2D eigenvalue weighted by Crippen LogP contribution is 2.19. The van der Waals surface area contributed by atoms with Gasteiger partial charge < -0.3 is 10.1 Å². The molecular formula is C23H20BrNO3. The summed E-state index contributed by atoms with van der Waals surface area (Å²) in [6.07, 6.45) is 0.0547. The number of hydrogen-bond donors (Lipinski definition) is 1. The lowest BCUT2D eigenvalue weighted by Gasteiger charge is -2.19. The van der Waals surface area contributed by atoms with E-state index in [4.69, 9.17) is 4.74 Å². The number of hydrogen-bond acceptors (Lipinski definition) is 3. The Bertz CT molecular complexity index is 912. The summed E-state index contributed by atoms with van der Waals surface area (Å²) in [5, 5.41) is 2.94. The van der Waals surface area contributed by atoms with Gasteiger partial charge in [-0.2, -0.15) is 0 Å². The lowest BCUT2D eigenvalue weighted by Crippen LogP contribution is -2.30. The van der Waals surface area contributed by atoms with Crippen LogP contribution in [0.2, 0.25) is 0 Å². The van der Waals surface area contributed by atoms with Crippen LogP contribution < -0.4 is 5.32 Å². The molecule has 0 saturated carbocycles. The minimum Gasteiger partial charge on any atom is -0.461 e. The van der Waals surface area contributed by atoms with Gasteiger partial charge >= 0.3 is 5.97 Å². The molecule has 1 unspecified atom stereocenters. The number of rotatable bonds is 7. The molecule has 0 bridgehead atoms. The molecule has 3 rings (SSSR count). The normalized spacial score (nSPS) is 11.5. The van der Waals surface area contributed by atoms with Gasteiger partial charge in [0.05, 0.1) is 12.5 Å². The molecule has 0 aliphatic heterocycles. The number of esters is 1. The molecule has 3 aromatic carbocycles. The molecule has 5 heteroatoms. The van der Waals surface area contributed by atoms with Crippen molar-refractivity contribution in [2.24, 2.45) is 0 Å². The maximum atomic E-state index is 12.6. The molecule has 0 radical (unpaired) electrons. The largest absolute Gasteiger partial charge is 0.461 e. The van der Waals surface area contributed by atoms with Crippen molar-refractivity contribution in [2.45, 2.75) is 19.1 Å². The number of ether oxygens (including phenoxy) is 1. The van der Waals surface area contributed by atoms with Crippen LogP contribution in [0.1, 0.15) is 33.9 Å². The van der Waals surface area contributed by atoms with Crippen LogP contribution in [-0.4, -0.2) is 11.9 Å². The average molecular weight is 438 g/mol. The smallest absolute Gasteiger partial charge is 0.308 e. The first-order valence-corrected chi connectivity index (χ1v) is 9.72. The number of carbonyl (C=O) groups excluding carboxylic acids is 2. The summed E-state index contributed by atoms with van der Waals surface area (Å²) in [4.78, 5) is 25.0. The Morgan fingerprint density at radius 3 is 2.11 bits per heavy atom. The zero-order chi connectivity index (χ0) is 19.8. The van der Waals surface area contributed by atoms with Crippen molar-refractivity contribution < 1.29 is 14.3 Å². The van der Waals surface area contributed by atoms with Gasteiger partial charge in [0.2, 0.25) is 0 Å². The van der Waals surface area contributed by atoms with E-state index in [9.17, 15) is 9.59 Å². The van der Waals surface area contributed by atoms with E-state index in [2.05, 4.69) is 21.2 Å². The predicted molar refractivity (Wildman–Crippen MR) is 112 cm³/mol. The first kappa shape index (κ1) is 19.8. The molecule has 0 aliphatic rings. The van der Waals surface area contributed by atoms with Gasteiger partial charge in [-0.05, 0) is 35.4 Å². The molecule has 1 amide bonds. The van der Waals surface area contributed by atoms with Gasteiger partial charge in [0.1, 0.15) is 6.61 Å². The summed E-state index contributed by atoms with van der Waals surface area (Å²) in [6.45, 7) is 0.195. The van der Waals surface area contributed by atoms with Crippen LogP contribution in [0.25, 0.3) is 0 Å². The quantitative estimate of drug-likeness (QED) is 0.525. The van der Waals surface area contributed by atoms with Crippen molar-refractivity contribution in [3.63, 3.8) is 0 Å². The van der Waals surface area contributed by atoms with Crippen LogP contribution in [0.4, 0.5) is 0 Å². The van der Waals surface area contributed by atoms with Gasteiger partial charge in [-0.1, -0.05) is 76.6 Å². The van der Waals surface area contributed by atoms with Crippen LogP contribution in [0.3, 0.4) is 0 Å². The summed E-state index contributed by atoms with van der Waals surface area (Å²) >= 11 is 3.38. The van der Waals surface area contributed by atoms with Crippen LogP contribution in [0.5, 0.6) is 0 Å². The second kappa shape index (κ2) is 9.85. The molecule has 4 nitrogen and oxygen atoms in total. The summed E-state index contributed by atoms with van der Waals surface area (Å²) in [6, 6.07) is 25.5. The summed E-state index contributed by atoms with van der Waals surface area (Å²) in [5.41, 5.74) is 2.31. The molecule has 0 heterocycles. The van der Waals surface area contributed by atoms with Gasteiger partial charge in [-0.15, -0.1) is 0 Å². The third kappa shape index (κ3) is 5.79. The molecule has 0 saturated heterocycles. The van der Waals surface area contributed by atoms with Gasteiger partial charge in [0.25, 0.3) is 5.91 Å². The summed E-state index contributed by atoms with van der Waals surface area (Å²) < 4.78 is 6.37. The van der Waals surface area contributed by atoms with Crippen LogP contribution in [0.15, 0.2) is 89.4 Å². The zero-order valence-corrected chi connectivity index (χ0v) is 16.8. The highest BCUT2D eigenvalue weighted by atomic mass is 79.9. The Morgan fingerprint density at radius 2 is 1.46 bits per heavy atom. The topological polar surface area (TPSA) is 55.4 Å². The van der Waals surface area contributed by atoms with Crippen LogP contribution >= 0.6 is 15.9 Å². The molecule has 0 spiro atoms. The zero-order valence-electron chi connectivity index (χ0n) is 15.2. The minimum atomic E-state index is -0.466. The molecule has 142 valence electrons. The fraction of sp³-hybridized carbons (Fsp3) is 0.130. The first-order valence-electron chi connectivity index (χ1n) is 8.93. The van der Waals surface area contributed by atoms with Crippen molar-refractivity contribution in [1.82, 2.24) is 5.32 Å². The second-order valence-corrected chi connectivity index (χ2v) is 7.21. The third-order valence-corrected chi connectivity index (χ3v) is 4.76. The lowest BCUT2D eigenvalue weighted by atomic mass is 10.0. The SMILES string of the molecule is O=C(CC(NC(=O)c1ccccc1)c1ccccc1)OCc1ccc(Br)cc1. The monoisotopic (exact) mass is 437 g/mol. The fourth-order valence-corrected chi connectivity index (χ4v) is 3.00. The van der Waals surface area contributed by atoms with Gasteiger partial charge in [0, 0.05) is 10.0 Å². The highest BCUT2D eigenvalue weighted by Gasteiger charge is 2.20. The highest BCUT2D eigenvalue weighted by molar-refractivity contribution is 9.10. The standard InChI is InChI=1S/C23H20BrNO3/c24-20-13-11-17(12-14-20)16-28-22(26)15-21(18-7-3-1-4-8-18)25-23(27)19-9-5-2-6-10-19/h1-14,21H,15-16H2,(H,25,27). The molecule has 3 aromatic rings. The molecular weight excluding hydrogens is 418 g/mol. The van der Waals surface area contributed by atoms with Gasteiger partial charge in [-0.25, -0.2) is 0 Å². The molecule has 0 aromatic heterocycles. The van der Waals surface area contributed by atoms with Crippen molar-refractivity contribution >= 4 is 27.8 Å².